The Bertz CT molecular complexity index is 783. The first-order valence-electron chi connectivity index (χ1n) is 7.01. The molecule has 1 atom stereocenters. The Hall–Kier alpha value is -2.06. The summed E-state index contributed by atoms with van der Waals surface area (Å²) in [5, 5.41) is 5.46. The van der Waals surface area contributed by atoms with Gasteiger partial charge in [-0.05, 0) is 55.3 Å². The Morgan fingerprint density at radius 3 is 2.76 bits per heavy atom. The van der Waals surface area contributed by atoms with Crippen LogP contribution >= 0.6 is 11.6 Å². The Kier molecular flexibility index (Phi) is 3.80. The molecule has 0 radical (unpaired) electrons. The first-order chi connectivity index (χ1) is 10.1. The van der Waals surface area contributed by atoms with Gasteiger partial charge in [-0.3, -0.25) is 4.98 Å². The molecule has 21 heavy (non-hydrogen) atoms. The number of hydrogen-bond acceptors (Lipinski definition) is 2. The Morgan fingerprint density at radius 1 is 1.10 bits per heavy atom. The lowest BCUT2D eigenvalue weighted by atomic mass is 10.1. The lowest BCUT2D eigenvalue weighted by Crippen LogP contribution is -2.07. The fourth-order valence-electron chi connectivity index (χ4n) is 2.53. The predicted molar refractivity (Wildman–Crippen MR) is 90.0 cm³/mol. The smallest absolute Gasteiger partial charge is 0.0751 e. The standard InChI is InChI=1S/C18H17ClN2/c1-12-8-9-17(16-7-4-10-20-18(12)16)21-13(2)14-5-3-6-15(19)11-14/h3-11,13,21H,1-2H3. The molecule has 106 valence electrons. The van der Waals surface area contributed by atoms with Gasteiger partial charge in [-0.25, -0.2) is 0 Å². The van der Waals surface area contributed by atoms with Gasteiger partial charge in [-0.2, -0.15) is 0 Å². The van der Waals surface area contributed by atoms with Crippen LogP contribution in [0.3, 0.4) is 0 Å². The van der Waals surface area contributed by atoms with E-state index in [0.29, 0.717) is 0 Å². The molecule has 2 aromatic carbocycles. The van der Waals surface area contributed by atoms with Crippen molar-refractivity contribution < 1.29 is 0 Å². The number of anilines is 1. The molecular weight excluding hydrogens is 280 g/mol. The quantitative estimate of drug-likeness (QED) is 0.703. The number of nitrogens with one attached hydrogen (secondary N) is 1. The van der Waals surface area contributed by atoms with Crippen molar-refractivity contribution in [2.75, 3.05) is 5.32 Å². The van der Waals surface area contributed by atoms with Crippen molar-refractivity contribution in [1.29, 1.82) is 0 Å². The van der Waals surface area contributed by atoms with Gasteiger partial charge in [0.2, 0.25) is 0 Å². The zero-order valence-corrected chi connectivity index (χ0v) is 12.9. The van der Waals surface area contributed by atoms with E-state index in [-0.39, 0.29) is 6.04 Å². The molecule has 0 aliphatic carbocycles. The van der Waals surface area contributed by atoms with Crippen LogP contribution in [0.2, 0.25) is 5.02 Å². The molecule has 1 N–H and O–H groups in total. The highest BCUT2D eigenvalue weighted by Gasteiger charge is 2.09. The maximum atomic E-state index is 6.07. The van der Waals surface area contributed by atoms with E-state index in [1.54, 1.807) is 0 Å². The van der Waals surface area contributed by atoms with Crippen molar-refractivity contribution in [1.82, 2.24) is 4.98 Å². The summed E-state index contributed by atoms with van der Waals surface area (Å²) in [6.07, 6.45) is 1.83. The molecule has 0 fully saturated rings. The van der Waals surface area contributed by atoms with E-state index in [4.69, 9.17) is 11.6 Å². The van der Waals surface area contributed by atoms with Gasteiger partial charge in [0.15, 0.2) is 0 Å². The van der Waals surface area contributed by atoms with E-state index in [2.05, 4.69) is 48.4 Å². The first-order valence-corrected chi connectivity index (χ1v) is 7.39. The summed E-state index contributed by atoms with van der Waals surface area (Å²) >= 11 is 6.07. The number of nitrogens with zero attached hydrogens (tertiary/aromatic N) is 1. The van der Waals surface area contributed by atoms with Gasteiger partial charge in [0.1, 0.15) is 0 Å². The van der Waals surface area contributed by atoms with Crippen molar-refractivity contribution in [3.8, 4) is 0 Å². The second kappa shape index (κ2) is 5.74. The van der Waals surface area contributed by atoms with Gasteiger partial charge in [0, 0.05) is 28.3 Å². The van der Waals surface area contributed by atoms with Crippen LogP contribution in [0.5, 0.6) is 0 Å². The summed E-state index contributed by atoms with van der Waals surface area (Å²) in [5.74, 6) is 0. The molecule has 3 heteroatoms. The predicted octanol–water partition coefficient (Wildman–Crippen LogP) is 5.37. The average molecular weight is 297 g/mol. The molecular formula is C18H17ClN2. The van der Waals surface area contributed by atoms with Gasteiger partial charge in [-0.1, -0.05) is 29.8 Å². The van der Waals surface area contributed by atoms with Crippen LogP contribution in [-0.2, 0) is 0 Å². The molecule has 0 saturated carbocycles. The molecule has 2 nitrogen and oxygen atoms in total. The maximum Gasteiger partial charge on any atom is 0.0751 e. The molecule has 3 aromatic rings. The summed E-state index contributed by atoms with van der Waals surface area (Å²) in [4.78, 5) is 4.47. The molecule has 0 spiro atoms. The van der Waals surface area contributed by atoms with Crippen LogP contribution in [0.25, 0.3) is 10.9 Å². The van der Waals surface area contributed by atoms with Crippen LogP contribution in [0.4, 0.5) is 5.69 Å². The molecule has 0 aliphatic heterocycles. The Balaban J connectivity index is 1.97. The second-order valence-corrected chi connectivity index (χ2v) is 5.69. The summed E-state index contributed by atoms with van der Waals surface area (Å²) in [6.45, 7) is 4.22. The van der Waals surface area contributed by atoms with Crippen molar-refractivity contribution >= 4 is 28.2 Å². The van der Waals surface area contributed by atoms with Crippen LogP contribution in [0.1, 0.15) is 24.1 Å². The van der Waals surface area contributed by atoms with Crippen molar-refractivity contribution in [2.45, 2.75) is 19.9 Å². The summed E-state index contributed by atoms with van der Waals surface area (Å²) in [7, 11) is 0. The fraction of sp³-hybridized carbons (Fsp3) is 0.167. The third-order valence-electron chi connectivity index (χ3n) is 3.69. The number of halogens is 1. The number of hydrogen-bond donors (Lipinski definition) is 1. The number of pyridine rings is 1. The number of aryl methyl sites for hydroxylation is 1. The van der Waals surface area contributed by atoms with Crippen LogP contribution in [0.15, 0.2) is 54.7 Å². The van der Waals surface area contributed by atoms with E-state index >= 15 is 0 Å². The number of rotatable bonds is 3. The highest BCUT2D eigenvalue weighted by atomic mass is 35.5. The van der Waals surface area contributed by atoms with Crippen molar-refractivity contribution in [2.24, 2.45) is 0 Å². The van der Waals surface area contributed by atoms with Crippen LogP contribution in [0, 0.1) is 6.92 Å². The number of fused-ring (bicyclic) bond motifs is 1. The lowest BCUT2D eigenvalue weighted by Gasteiger charge is -2.18. The van der Waals surface area contributed by atoms with Gasteiger partial charge < -0.3 is 5.32 Å². The Labute approximate surface area is 129 Å². The van der Waals surface area contributed by atoms with E-state index in [1.165, 1.54) is 11.1 Å². The molecule has 0 bridgehead atoms. The minimum absolute atomic E-state index is 0.176. The highest BCUT2D eigenvalue weighted by molar-refractivity contribution is 6.30. The summed E-state index contributed by atoms with van der Waals surface area (Å²) in [6, 6.07) is 16.4. The summed E-state index contributed by atoms with van der Waals surface area (Å²) in [5.41, 5.74) is 4.49. The van der Waals surface area contributed by atoms with E-state index in [1.807, 2.05) is 30.5 Å². The van der Waals surface area contributed by atoms with E-state index < -0.39 is 0 Å². The molecule has 3 rings (SSSR count). The van der Waals surface area contributed by atoms with Gasteiger partial charge in [-0.15, -0.1) is 0 Å². The SMILES string of the molecule is Cc1ccc(NC(C)c2cccc(Cl)c2)c2cccnc12. The Morgan fingerprint density at radius 2 is 1.95 bits per heavy atom. The molecule has 0 amide bonds. The van der Waals surface area contributed by atoms with Crippen molar-refractivity contribution in [3.05, 3.63) is 70.9 Å². The van der Waals surface area contributed by atoms with E-state index in [0.717, 1.165) is 21.6 Å². The monoisotopic (exact) mass is 296 g/mol. The average Bonchev–Trinajstić information content (AvgIpc) is 2.50. The van der Waals surface area contributed by atoms with Crippen LogP contribution < -0.4 is 5.32 Å². The molecule has 0 saturated heterocycles. The third-order valence-corrected chi connectivity index (χ3v) is 3.93. The number of benzene rings is 2. The van der Waals surface area contributed by atoms with E-state index in [9.17, 15) is 0 Å². The number of aromatic nitrogens is 1. The zero-order valence-electron chi connectivity index (χ0n) is 12.1. The minimum Gasteiger partial charge on any atom is -0.378 e. The third kappa shape index (κ3) is 2.86. The zero-order chi connectivity index (χ0) is 14.8. The largest absolute Gasteiger partial charge is 0.378 e. The summed E-state index contributed by atoms with van der Waals surface area (Å²) < 4.78 is 0. The molecule has 1 heterocycles. The van der Waals surface area contributed by atoms with Gasteiger partial charge in [0.25, 0.3) is 0 Å². The lowest BCUT2D eigenvalue weighted by molar-refractivity contribution is 0.887. The van der Waals surface area contributed by atoms with Gasteiger partial charge >= 0.3 is 0 Å². The maximum absolute atomic E-state index is 6.07. The first kappa shape index (κ1) is 13.9. The molecule has 1 aromatic heterocycles. The van der Waals surface area contributed by atoms with Crippen molar-refractivity contribution in [3.63, 3.8) is 0 Å². The molecule has 0 aliphatic rings. The fourth-order valence-corrected chi connectivity index (χ4v) is 2.73. The van der Waals surface area contributed by atoms with Gasteiger partial charge in [0.05, 0.1) is 5.52 Å². The minimum atomic E-state index is 0.176. The topological polar surface area (TPSA) is 24.9 Å². The highest BCUT2D eigenvalue weighted by Crippen LogP contribution is 2.28. The second-order valence-electron chi connectivity index (χ2n) is 5.25. The normalized spacial score (nSPS) is 12.3. The van der Waals surface area contributed by atoms with Crippen LogP contribution in [-0.4, -0.2) is 4.98 Å². The molecule has 1 unspecified atom stereocenters.